The molecular formula is C9H15N5O4. The SMILES string of the molecule is CNc1cc(CCN)c([N+](=O)[O-])c(N)n1.O=CO. The van der Waals surface area contributed by atoms with Crippen molar-refractivity contribution in [2.75, 3.05) is 24.6 Å². The van der Waals surface area contributed by atoms with Crippen molar-refractivity contribution in [3.63, 3.8) is 0 Å². The van der Waals surface area contributed by atoms with Crippen molar-refractivity contribution in [2.45, 2.75) is 6.42 Å². The highest BCUT2D eigenvalue weighted by atomic mass is 16.6. The Labute approximate surface area is 103 Å². The zero-order valence-corrected chi connectivity index (χ0v) is 9.79. The average molecular weight is 257 g/mol. The number of hydrogen-bond acceptors (Lipinski definition) is 7. The molecule has 100 valence electrons. The average Bonchev–Trinajstić information content (AvgIpc) is 2.29. The molecule has 0 aliphatic heterocycles. The van der Waals surface area contributed by atoms with Crippen LogP contribution in [0.2, 0.25) is 0 Å². The van der Waals surface area contributed by atoms with Gasteiger partial charge in [-0.2, -0.15) is 0 Å². The van der Waals surface area contributed by atoms with Gasteiger partial charge in [0.1, 0.15) is 5.82 Å². The molecular weight excluding hydrogens is 242 g/mol. The van der Waals surface area contributed by atoms with E-state index < -0.39 is 4.92 Å². The molecule has 1 aromatic rings. The molecule has 0 aliphatic carbocycles. The van der Waals surface area contributed by atoms with Gasteiger partial charge in [-0.05, 0) is 19.0 Å². The molecule has 0 amide bonds. The molecule has 0 fully saturated rings. The minimum Gasteiger partial charge on any atom is -0.483 e. The van der Waals surface area contributed by atoms with Gasteiger partial charge in [0.15, 0.2) is 0 Å². The minimum absolute atomic E-state index is 0.0877. The van der Waals surface area contributed by atoms with Crippen molar-refractivity contribution in [1.29, 1.82) is 0 Å². The summed E-state index contributed by atoms with van der Waals surface area (Å²) in [6.07, 6.45) is 0.401. The van der Waals surface area contributed by atoms with Crippen LogP contribution in [0.1, 0.15) is 5.56 Å². The van der Waals surface area contributed by atoms with Gasteiger partial charge in [-0.3, -0.25) is 14.9 Å². The van der Waals surface area contributed by atoms with Gasteiger partial charge in [0.25, 0.3) is 6.47 Å². The van der Waals surface area contributed by atoms with Crippen LogP contribution in [0.25, 0.3) is 0 Å². The maximum atomic E-state index is 10.7. The number of hydrogen-bond donors (Lipinski definition) is 4. The molecule has 0 bridgehead atoms. The van der Waals surface area contributed by atoms with E-state index in [0.717, 1.165) is 0 Å². The number of nitrogens with zero attached hydrogens (tertiary/aromatic N) is 2. The van der Waals surface area contributed by atoms with E-state index in [1.165, 1.54) is 0 Å². The predicted molar refractivity (Wildman–Crippen MR) is 66.3 cm³/mol. The monoisotopic (exact) mass is 257 g/mol. The number of rotatable bonds is 4. The number of carboxylic acid groups (broad SMARTS) is 1. The van der Waals surface area contributed by atoms with Gasteiger partial charge in [-0.15, -0.1) is 0 Å². The Morgan fingerprint density at radius 3 is 2.61 bits per heavy atom. The predicted octanol–water partition coefficient (Wildman–Crippen LogP) is -0.184. The van der Waals surface area contributed by atoms with Crippen molar-refractivity contribution in [3.05, 3.63) is 21.7 Å². The molecule has 0 saturated heterocycles. The molecule has 6 N–H and O–H groups in total. The molecule has 0 aliphatic rings. The maximum Gasteiger partial charge on any atom is 0.314 e. The molecule has 9 heteroatoms. The first kappa shape index (κ1) is 15.6. The highest BCUT2D eigenvalue weighted by Crippen LogP contribution is 2.27. The summed E-state index contributed by atoms with van der Waals surface area (Å²) in [4.78, 5) is 22.4. The number of anilines is 2. The first-order chi connectivity index (χ1) is 8.51. The van der Waals surface area contributed by atoms with Crippen LogP contribution < -0.4 is 16.8 Å². The van der Waals surface area contributed by atoms with Crippen molar-refractivity contribution in [1.82, 2.24) is 4.98 Å². The molecule has 0 unspecified atom stereocenters. The smallest absolute Gasteiger partial charge is 0.314 e. The van der Waals surface area contributed by atoms with E-state index in [1.807, 2.05) is 0 Å². The van der Waals surface area contributed by atoms with Crippen molar-refractivity contribution in [3.8, 4) is 0 Å². The molecule has 0 radical (unpaired) electrons. The number of pyridine rings is 1. The third-order valence-electron chi connectivity index (χ3n) is 1.95. The van der Waals surface area contributed by atoms with Crippen LogP contribution in [0.15, 0.2) is 6.07 Å². The number of nitro groups is 1. The molecule has 9 nitrogen and oxygen atoms in total. The molecule has 0 aromatic carbocycles. The van der Waals surface area contributed by atoms with Crippen LogP contribution >= 0.6 is 0 Å². The normalized spacial score (nSPS) is 9.00. The van der Waals surface area contributed by atoms with Crippen LogP contribution in [-0.4, -0.2) is 35.1 Å². The third-order valence-corrected chi connectivity index (χ3v) is 1.95. The van der Waals surface area contributed by atoms with Gasteiger partial charge in [-0.1, -0.05) is 0 Å². The number of nitrogen functional groups attached to an aromatic ring is 1. The van der Waals surface area contributed by atoms with E-state index in [1.54, 1.807) is 13.1 Å². The summed E-state index contributed by atoms with van der Waals surface area (Å²) in [6.45, 7) is 0.0768. The van der Waals surface area contributed by atoms with Crippen LogP contribution in [-0.2, 0) is 11.2 Å². The fourth-order valence-electron chi connectivity index (χ4n) is 1.30. The van der Waals surface area contributed by atoms with E-state index in [4.69, 9.17) is 21.4 Å². The van der Waals surface area contributed by atoms with E-state index in [0.29, 0.717) is 24.3 Å². The quantitative estimate of drug-likeness (QED) is 0.328. The molecule has 1 aromatic heterocycles. The Morgan fingerprint density at radius 1 is 1.67 bits per heavy atom. The van der Waals surface area contributed by atoms with Crippen LogP contribution in [0.5, 0.6) is 0 Å². The lowest BCUT2D eigenvalue weighted by Gasteiger charge is -2.06. The molecule has 0 saturated carbocycles. The Balaban J connectivity index is 0.000000873. The largest absolute Gasteiger partial charge is 0.483 e. The van der Waals surface area contributed by atoms with E-state index in [2.05, 4.69) is 10.3 Å². The van der Waals surface area contributed by atoms with Crippen LogP contribution in [0, 0.1) is 10.1 Å². The molecule has 1 rings (SSSR count). The van der Waals surface area contributed by atoms with Gasteiger partial charge in [0.05, 0.1) is 4.92 Å². The van der Waals surface area contributed by atoms with E-state index in [-0.39, 0.29) is 18.0 Å². The van der Waals surface area contributed by atoms with Crippen LogP contribution in [0.4, 0.5) is 17.3 Å². The van der Waals surface area contributed by atoms with Crippen molar-refractivity contribution < 1.29 is 14.8 Å². The first-order valence-electron chi connectivity index (χ1n) is 4.91. The summed E-state index contributed by atoms with van der Waals surface area (Å²) in [5.74, 6) is 0.414. The second-order valence-electron chi connectivity index (χ2n) is 3.05. The number of nitrogens with one attached hydrogen (secondary N) is 1. The topological polar surface area (TPSA) is 157 Å². The summed E-state index contributed by atoms with van der Waals surface area (Å²) in [7, 11) is 1.67. The van der Waals surface area contributed by atoms with Crippen molar-refractivity contribution >= 4 is 23.8 Å². The van der Waals surface area contributed by atoms with Gasteiger partial charge in [0.2, 0.25) is 5.82 Å². The first-order valence-corrected chi connectivity index (χ1v) is 4.91. The number of aromatic nitrogens is 1. The number of carbonyl (C=O) groups is 1. The van der Waals surface area contributed by atoms with Gasteiger partial charge >= 0.3 is 5.69 Å². The zero-order valence-electron chi connectivity index (χ0n) is 9.79. The summed E-state index contributed by atoms with van der Waals surface area (Å²) < 4.78 is 0. The standard InChI is InChI=1S/C8H13N5O2.CH2O2/c1-11-6-4-5(2-3-9)7(13(14)15)8(10)12-6;2-1-3/h4H,2-3,9H2,1H3,(H3,10,11,12);1H,(H,2,3). The lowest BCUT2D eigenvalue weighted by Crippen LogP contribution is -2.09. The summed E-state index contributed by atoms with van der Waals surface area (Å²) in [5.41, 5.74) is 11.2. The summed E-state index contributed by atoms with van der Waals surface area (Å²) in [5, 5.41) is 20.4. The minimum atomic E-state index is -0.535. The van der Waals surface area contributed by atoms with Crippen molar-refractivity contribution in [2.24, 2.45) is 5.73 Å². The van der Waals surface area contributed by atoms with E-state index >= 15 is 0 Å². The van der Waals surface area contributed by atoms with Crippen LogP contribution in [0.3, 0.4) is 0 Å². The maximum absolute atomic E-state index is 10.7. The Kier molecular flexibility index (Phi) is 6.74. The van der Waals surface area contributed by atoms with Gasteiger partial charge < -0.3 is 21.9 Å². The highest BCUT2D eigenvalue weighted by molar-refractivity contribution is 5.62. The Morgan fingerprint density at radius 2 is 2.22 bits per heavy atom. The Hall–Kier alpha value is -2.42. The molecule has 18 heavy (non-hydrogen) atoms. The highest BCUT2D eigenvalue weighted by Gasteiger charge is 2.19. The summed E-state index contributed by atoms with van der Waals surface area (Å²) >= 11 is 0. The van der Waals surface area contributed by atoms with Gasteiger partial charge in [-0.25, -0.2) is 4.98 Å². The fraction of sp³-hybridized carbons (Fsp3) is 0.333. The fourth-order valence-corrected chi connectivity index (χ4v) is 1.30. The number of nitrogens with two attached hydrogens (primary N) is 2. The third kappa shape index (κ3) is 4.22. The lowest BCUT2D eigenvalue weighted by atomic mass is 10.1. The summed E-state index contributed by atoms with van der Waals surface area (Å²) in [6, 6.07) is 1.58. The molecule has 0 atom stereocenters. The zero-order chi connectivity index (χ0) is 14.1. The van der Waals surface area contributed by atoms with E-state index in [9.17, 15) is 10.1 Å². The second-order valence-corrected chi connectivity index (χ2v) is 3.05. The lowest BCUT2D eigenvalue weighted by molar-refractivity contribution is -0.384. The molecule has 1 heterocycles. The Bertz CT molecular complexity index is 424. The molecule has 0 spiro atoms. The second kappa shape index (κ2) is 7.79. The van der Waals surface area contributed by atoms with Gasteiger partial charge in [0, 0.05) is 12.6 Å².